The van der Waals surface area contributed by atoms with E-state index >= 15 is 0 Å². The smallest absolute Gasteiger partial charge is 0.417 e. The van der Waals surface area contributed by atoms with Gasteiger partial charge in [-0.25, -0.2) is 14.4 Å². The summed E-state index contributed by atoms with van der Waals surface area (Å²) in [6.45, 7) is 5.38. The molecule has 0 spiro atoms. The van der Waals surface area contributed by atoms with Gasteiger partial charge in [0.15, 0.2) is 0 Å². The second-order valence-electron chi connectivity index (χ2n) is 10.2. The van der Waals surface area contributed by atoms with Gasteiger partial charge in [0.25, 0.3) is 0 Å². The van der Waals surface area contributed by atoms with Crippen molar-refractivity contribution in [2.75, 3.05) is 6.61 Å². The molecule has 1 aliphatic rings. The highest BCUT2D eigenvalue weighted by atomic mass is 19.4. The van der Waals surface area contributed by atoms with Crippen LogP contribution in [0.25, 0.3) is 11.1 Å². The van der Waals surface area contributed by atoms with E-state index in [1.54, 1.807) is 20.0 Å². The Bertz CT molecular complexity index is 1260. The van der Waals surface area contributed by atoms with Gasteiger partial charge in [0.1, 0.15) is 12.4 Å². The standard InChI is InChI=1S/C28H30F4N2O3/c1-17-9-19-12-25(33-14-20(19)10-17)37-16-21-11-18(5-6-24(21)29)22-15-34-26(13-23(22)28(30,31)32)36-8-4-7-27(2,3)35/h5-6,11-15,17,35H,4,7-10,16H2,1-3H3. The minimum Gasteiger partial charge on any atom is -0.478 e. The van der Waals surface area contributed by atoms with Crippen LogP contribution in [0.3, 0.4) is 0 Å². The molecular weight excluding hydrogens is 488 g/mol. The third kappa shape index (κ3) is 6.97. The van der Waals surface area contributed by atoms with Crippen LogP contribution >= 0.6 is 0 Å². The van der Waals surface area contributed by atoms with Crippen molar-refractivity contribution < 1.29 is 32.1 Å². The Balaban J connectivity index is 1.52. The van der Waals surface area contributed by atoms with Crippen LogP contribution < -0.4 is 9.47 Å². The molecule has 0 fully saturated rings. The van der Waals surface area contributed by atoms with Crippen molar-refractivity contribution in [2.24, 2.45) is 5.92 Å². The van der Waals surface area contributed by atoms with Crippen LogP contribution in [0.2, 0.25) is 0 Å². The molecule has 0 saturated carbocycles. The number of rotatable bonds is 9. The van der Waals surface area contributed by atoms with E-state index in [2.05, 4.69) is 16.9 Å². The van der Waals surface area contributed by atoms with Crippen LogP contribution in [0.4, 0.5) is 17.6 Å². The summed E-state index contributed by atoms with van der Waals surface area (Å²) >= 11 is 0. The number of alkyl halides is 3. The lowest BCUT2D eigenvalue weighted by Crippen LogP contribution is -2.19. The topological polar surface area (TPSA) is 64.5 Å². The highest BCUT2D eigenvalue weighted by molar-refractivity contribution is 5.68. The monoisotopic (exact) mass is 518 g/mol. The fourth-order valence-electron chi connectivity index (χ4n) is 4.45. The highest BCUT2D eigenvalue weighted by Gasteiger charge is 2.35. The molecule has 0 aliphatic heterocycles. The van der Waals surface area contributed by atoms with Gasteiger partial charge in [-0.1, -0.05) is 13.0 Å². The molecule has 37 heavy (non-hydrogen) atoms. The number of hydrogen-bond donors (Lipinski definition) is 1. The van der Waals surface area contributed by atoms with Crippen LogP contribution in [-0.2, 0) is 25.6 Å². The first-order valence-electron chi connectivity index (χ1n) is 12.2. The van der Waals surface area contributed by atoms with E-state index in [1.807, 2.05) is 6.07 Å². The molecule has 198 valence electrons. The van der Waals surface area contributed by atoms with E-state index < -0.39 is 23.2 Å². The molecule has 1 aromatic carbocycles. The summed E-state index contributed by atoms with van der Waals surface area (Å²) in [5.41, 5.74) is 0.559. The quantitative estimate of drug-likeness (QED) is 0.257. The number of pyridine rings is 2. The number of halogens is 4. The van der Waals surface area contributed by atoms with Crippen molar-refractivity contribution in [3.8, 4) is 22.9 Å². The Kier molecular flexibility index (Phi) is 7.73. The van der Waals surface area contributed by atoms with Crippen LogP contribution in [0.5, 0.6) is 11.8 Å². The molecule has 9 heteroatoms. The zero-order valence-electron chi connectivity index (χ0n) is 21.0. The molecule has 1 atom stereocenters. The fraction of sp³-hybridized carbons (Fsp3) is 0.429. The summed E-state index contributed by atoms with van der Waals surface area (Å²) < 4.78 is 67.4. The van der Waals surface area contributed by atoms with E-state index in [-0.39, 0.29) is 35.8 Å². The first kappa shape index (κ1) is 26.9. The van der Waals surface area contributed by atoms with E-state index in [0.29, 0.717) is 24.6 Å². The molecule has 0 saturated heterocycles. The summed E-state index contributed by atoms with van der Waals surface area (Å²) in [7, 11) is 0. The van der Waals surface area contributed by atoms with E-state index in [0.717, 1.165) is 36.7 Å². The van der Waals surface area contributed by atoms with Gasteiger partial charge in [0, 0.05) is 35.7 Å². The minimum atomic E-state index is -4.68. The maximum atomic E-state index is 14.5. The van der Waals surface area contributed by atoms with Gasteiger partial charge in [-0.15, -0.1) is 0 Å². The zero-order chi connectivity index (χ0) is 26.8. The van der Waals surface area contributed by atoms with Crippen LogP contribution in [0, 0.1) is 11.7 Å². The van der Waals surface area contributed by atoms with E-state index in [4.69, 9.17) is 9.47 Å². The second kappa shape index (κ2) is 10.7. The molecule has 0 amide bonds. The molecule has 0 bridgehead atoms. The molecule has 2 aromatic heterocycles. The van der Waals surface area contributed by atoms with Crippen molar-refractivity contribution in [2.45, 2.75) is 64.8 Å². The summed E-state index contributed by atoms with van der Waals surface area (Å²) in [5.74, 6) is 0.116. The average Bonchev–Trinajstić information content (AvgIpc) is 3.19. The van der Waals surface area contributed by atoms with Crippen LogP contribution in [-0.4, -0.2) is 27.3 Å². The zero-order valence-corrected chi connectivity index (χ0v) is 21.0. The number of aliphatic hydroxyl groups is 1. The molecule has 2 heterocycles. The second-order valence-corrected chi connectivity index (χ2v) is 10.2. The lowest BCUT2D eigenvalue weighted by atomic mass is 9.99. The number of ether oxygens (including phenoxy) is 2. The van der Waals surface area contributed by atoms with Gasteiger partial charge in [-0.3, -0.25) is 0 Å². The van der Waals surface area contributed by atoms with Gasteiger partial charge in [-0.05, 0) is 74.3 Å². The summed E-state index contributed by atoms with van der Waals surface area (Å²) in [5, 5.41) is 9.76. The Morgan fingerprint density at radius 1 is 0.973 bits per heavy atom. The van der Waals surface area contributed by atoms with Crippen molar-refractivity contribution in [3.63, 3.8) is 0 Å². The largest absolute Gasteiger partial charge is 0.478 e. The molecule has 5 nitrogen and oxygen atoms in total. The predicted octanol–water partition coefficient (Wildman–Crippen LogP) is 6.55. The highest BCUT2D eigenvalue weighted by Crippen LogP contribution is 2.39. The number of aromatic nitrogens is 2. The summed E-state index contributed by atoms with van der Waals surface area (Å²) in [4.78, 5) is 8.31. The Hall–Kier alpha value is -3.20. The summed E-state index contributed by atoms with van der Waals surface area (Å²) in [6, 6.07) is 6.42. The van der Waals surface area contributed by atoms with Gasteiger partial charge < -0.3 is 14.6 Å². The van der Waals surface area contributed by atoms with E-state index in [9.17, 15) is 22.7 Å². The molecular formula is C28H30F4N2O3. The maximum absolute atomic E-state index is 14.5. The first-order chi connectivity index (χ1) is 17.4. The third-order valence-electron chi connectivity index (χ3n) is 6.29. The number of nitrogens with zero attached hydrogens (tertiary/aromatic N) is 2. The lowest BCUT2D eigenvalue weighted by Gasteiger charge is -2.17. The maximum Gasteiger partial charge on any atom is 0.417 e. The minimum absolute atomic E-state index is 0.105. The van der Waals surface area contributed by atoms with Crippen molar-refractivity contribution in [3.05, 3.63) is 70.8 Å². The fourth-order valence-corrected chi connectivity index (χ4v) is 4.45. The molecule has 3 aromatic rings. The molecule has 0 radical (unpaired) electrons. The summed E-state index contributed by atoms with van der Waals surface area (Å²) in [6.07, 6.45) is 0.918. The van der Waals surface area contributed by atoms with E-state index in [1.165, 1.54) is 17.7 Å². The molecule has 1 N–H and O–H groups in total. The normalized spacial score (nSPS) is 15.5. The number of fused-ring (bicyclic) bond motifs is 1. The van der Waals surface area contributed by atoms with Crippen molar-refractivity contribution >= 4 is 0 Å². The SMILES string of the molecule is CC1Cc2cnc(OCc3cc(-c4cnc(OCCCC(C)(C)O)cc4C(F)(F)F)ccc3F)cc2C1. The lowest BCUT2D eigenvalue weighted by molar-refractivity contribution is -0.137. The van der Waals surface area contributed by atoms with Crippen LogP contribution in [0.15, 0.2) is 42.7 Å². The van der Waals surface area contributed by atoms with Crippen LogP contribution in [0.1, 0.15) is 55.9 Å². The number of hydrogen-bond acceptors (Lipinski definition) is 5. The van der Waals surface area contributed by atoms with Gasteiger partial charge in [0.05, 0.1) is 17.8 Å². The van der Waals surface area contributed by atoms with Gasteiger partial charge in [0.2, 0.25) is 11.8 Å². The third-order valence-corrected chi connectivity index (χ3v) is 6.29. The Morgan fingerprint density at radius 3 is 2.41 bits per heavy atom. The van der Waals surface area contributed by atoms with Gasteiger partial charge >= 0.3 is 6.18 Å². The average molecular weight is 519 g/mol. The van der Waals surface area contributed by atoms with Crippen molar-refractivity contribution in [1.82, 2.24) is 9.97 Å². The van der Waals surface area contributed by atoms with Crippen molar-refractivity contribution in [1.29, 1.82) is 0 Å². The first-order valence-corrected chi connectivity index (χ1v) is 12.2. The predicted molar refractivity (Wildman–Crippen MR) is 131 cm³/mol. The van der Waals surface area contributed by atoms with Gasteiger partial charge in [-0.2, -0.15) is 13.2 Å². The molecule has 1 unspecified atom stereocenters. The Labute approximate surface area is 213 Å². The number of benzene rings is 1. The Morgan fingerprint density at radius 2 is 1.68 bits per heavy atom. The molecule has 1 aliphatic carbocycles. The molecule has 4 rings (SSSR count).